The van der Waals surface area contributed by atoms with Crippen LogP contribution in [0.15, 0.2) is 24.3 Å². The lowest BCUT2D eigenvalue weighted by atomic mass is 9.76. The van der Waals surface area contributed by atoms with Crippen molar-refractivity contribution >= 4 is 5.91 Å². The van der Waals surface area contributed by atoms with Gasteiger partial charge in [-0.3, -0.25) is 9.69 Å². The van der Waals surface area contributed by atoms with Crippen molar-refractivity contribution in [3.05, 3.63) is 35.4 Å². The molecule has 0 spiro atoms. The van der Waals surface area contributed by atoms with E-state index in [0.717, 1.165) is 45.7 Å². The Morgan fingerprint density at radius 3 is 2.65 bits per heavy atom. The van der Waals surface area contributed by atoms with Crippen molar-refractivity contribution in [3.63, 3.8) is 0 Å². The van der Waals surface area contributed by atoms with Gasteiger partial charge in [-0.15, -0.1) is 0 Å². The summed E-state index contributed by atoms with van der Waals surface area (Å²) in [6.45, 7) is 6.27. The second-order valence-corrected chi connectivity index (χ2v) is 6.14. The maximum Gasteiger partial charge on any atom is 0.230 e. The van der Waals surface area contributed by atoms with Gasteiger partial charge in [-0.2, -0.15) is 0 Å². The number of nitrogens with one attached hydrogen (secondary N) is 1. The number of fused-ring (bicyclic) bond motifs is 1. The van der Waals surface area contributed by atoms with Gasteiger partial charge in [-0.05, 0) is 17.5 Å². The molecule has 1 aromatic carbocycles. The number of piperazine rings is 1. The number of carbonyl (C=O) groups excluding carboxylic acids is 1. The topological polar surface area (TPSA) is 35.6 Å². The summed E-state index contributed by atoms with van der Waals surface area (Å²) in [7, 11) is 0. The third-order valence-corrected chi connectivity index (χ3v) is 4.99. The molecular formula is C16H21N3O. The lowest BCUT2D eigenvalue weighted by Gasteiger charge is -2.48. The number of likely N-dealkylation sites (tertiary alicyclic amines) is 1. The molecular weight excluding hydrogens is 250 g/mol. The molecule has 2 aliphatic heterocycles. The fourth-order valence-electron chi connectivity index (χ4n) is 3.61. The van der Waals surface area contributed by atoms with Crippen LogP contribution in [-0.2, 0) is 11.2 Å². The first-order chi connectivity index (χ1) is 9.83. The Morgan fingerprint density at radius 1 is 1.15 bits per heavy atom. The number of hydrogen-bond donors (Lipinski definition) is 1. The van der Waals surface area contributed by atoms with Gasteiger partial charge >= 0.3 is 0 Å². The quantitative estimate of drug-likeness (QED) is 0.848. The molecule has 2 saturated heterocycles. The fourth-order valence-corrected chi connectivity index (χ4v) is 3.61. The molecule has 20 heavy (non-hydrogen) atoms. The molecule has 0 saturated carbocycles. The minimum absolute atomic E-state index is 0.134. The molecule has 0 bridgehead atoms. The van der Waals surface area contributed by atoms with E-state index in [1.165, 1.54) is 11.1 Å². The summed E-state index contributed by atoms with van der Waals surface area (Å²) in [6.07, 6.45) is 0.934. The zero-order chi connectivity index (χ0) is 13.5. The molecule has 4 nitrogen and oxygen atoms in total. The van der Waals surface area contributed by atoms with Crippen LogP contribution in [0.2, 0.25) is 0 Å². The maximum atomic E-state index is 12.5. The molecule has 2 fully saturated rings. The molecule has 106 valence electrons. The highest BCUT2D eigenvalue weighted by molar-refractivity contribution is 5.87. The highest BCUT2D eigenvalue weighted by Crippen LogP contribution is 2.37. The summed E-state index contributed by atoms with van der Waals surface area (Å²) in [5.74, 6) is 0.477. The maximum absolute atomic E-state index is 12.5. The van der Waals surface area contributed by atoms with Gasteiger partial charge < -0.3 is 10.2 Å². The highest BCUT2D eigenvalue weighted by atomic mass is 16.2. The minimum atomic E-state index is 0.134. The summed E-state index contributed by atoms with van der Waals surface area (Å²) in [5.41, 5.74) is 2.60. The van der Waals surface area contributed by atoms with Crippen LogP contribution < -0.4 is 5.32 Å². The van der Waals surface area contributed by atoms with E-state index in [-0.39, 0.29) is 5.92 Å². The van der Waals surface area contributed by atoms with Gasteiger partial charge in [-0.25, -0.2) is 0 Å². The van der Waals surface area contributed by atoms with Gasteiger partial charge in [0.2, 0.25) is 5.91 Å². The van der Waals surface area contributed by atoms with Gasteiger partial charge in [0.1, 0.15) is 0 Å². The van der Waals surface area contributed by atoms with Crippen LogP contribution in [0.25, 0.3) is 0 Å². The van der Waals surface area contributed by atoms with E-state index in [9.17, 15) is 4.79 Å². The van der Waals surface area contributed by atoms with Crippen LogP contribution in [0.5, 0.6) is 0 Å². The van der Waals surface area contributed by atoms with E-state index >= 15 is 0 Å². The Morgan fingerprint density at radius 2 is 1.90 bits per heavy atom. The number of nitrogens with zero attached hydrogens (tertiary/aromatic N) is 2. The van der Waals surface area contributed by atoms with Gasteiger partial charge in [-0.1, -0.05) is 24.3 Å². The molecule has 0 radical (unpaired) electrons. The second kappa shape index (κ2) is 4.86. The third kappa shape index (κ3) is 1.95. The van der Waals surface area contributed by atoms with Crippen LogP contribution in [0, 0.1) is 0 Å². The van der Waals surface area contributed by atoms with Crippen molar-refractivity contribution in [2.24, 2.45) is 0 Å². The smallest absolute Gasteiger partial charge is 0.230 e. The zero-order valence-corrected chi connectivity index (χ0v) is 11.7. The first-order valence-electron chi connectivity index (χ1n) is 7.64. The first kappa shape index (κ1) is 12.4. The predicted molar refractivity (Wildman–Crippen MR) is 77.7 cm³/mol. The Balaban J connectivity index is 1.34. The lowest BCUT2D eigenvalue weighted by molar-refractivity contribution is -0.141. The monoisotopic (exact) mass is 271 g/mol. The van der Waals surface area contributed by atoms with Crippen LogP contribution in [0.4, 0.5) is 0 Å². The van der Waals surface area contributed by atoms with E-state index in [0.29, 0.717) is 11.9 Å². The summed E-state index contributed by atoms with van der Waals surface area (Å²) in [6, 6.07) is 8.94. The van der Waals surface area contributed by atoms with E-state index in [1.807, 2.05) is 11.0 Å². The average molecular weight is 271 g/mol. The molecule has 1 amide bonds. The number of carbonyl (C=O) groups is 1. The first-order valence-corrected chi connectivity index (χ1v) is 7.64. The van der Waals surface area contributed by atoms with Crippen molar-refractivity contribution in [1.82, 2.24) is 15.1 Å². The Kier molecular flexibility index (Phi) is 3.00. The van der Waals surface area contributed by atoms with Crippen molar-refractivity contribution in [2.45, 2.75) is 18.4 Å². The van der Waals surface area contributed by atoms with Crippen LogP contribution >= 0.6 is 0 Å². The fraction of sp³-hybridized carbons (Fsp3) is 0.562. The van der Waals surface area contributed by atoms with Crippen molar-refractivity contribution in [1.29, 1.82) is 0 Å². The number of benzene rings is 1. The zero-order valence-electron chi connectivity index (χ0n) is 11.7. The number of rotatable bonds is 2. The molecule has 4 rings (SSSR count). The van der Waals surface area contributed by atoms with Gasteiger partial charge in [0.15, 0.2) is 0 Å². The summed E-state index contributed by atoms with van der Waals surface area (Å²) in [4.78, 5) is 17.1. The number of hydrogen-bond acceptors (Lipinski definition) is 3. The van der Waals surface area contributed by atoms with Crippen LogP contribution in [-0.4, -0.2) is 61.0 Å². The lowest BCUT2D eigenvalue weighted by Crippen LogP contribution is -2.64. The SMILES string of the molecule is O=C(C1Cc2ccccc21)N1CC(N2CCNCC2)C1. The van der Waals surface area contributed by atoms with Gasteiger partial charge in [0.05, 0.1) is 5.92 Å². The third-order valence-electron chi connectivity index (χ3n) is 4.99. The largest absolute Gasteiger partial charge is 0.339 e. The molecule has 1 atom stereocenters. The molecule has 1 unspecified atom stereocenters. The molecule has 1 aromatic rings. The summed E-state index contributed by atoms with van der Waals surface area (Å²) in [5, 5.41) is 3.38. The van der Waals surface area contributed by atoms with Crippen LogP contribution in [0.1, 0.15) is 17.0 Å². The Hall–Kier alpha value is -1.39. The van der Waals surface area contributed by atoms with Gasteiger partial charge in [0.25, 0.3) is 0 Å². The van der Waals surface area contributed by atoms with Crippen molar-refractivity contribution in [2.75, 3.05) is 39.3 Å². The predicted octanol–water partition coefficient (Wildman–Crippen LogP) is 0.442. The molecule has 1 N–H and O–H groups in total. The Bertz CT molecular complexity index is 518. The van der Waals surface area contributed by atoms with Gasteiger partial charge in [0, 0.05) is 45.3 Å². The summed E-state index contributed by atoms with van der Waals surface area (Å²) >= 11 is 0. The number of amides is 1. The van der Waals surface area contributed by atoms with E-state index in [1.54, 1.807) is 0 Å². The minimum Gasteiger partial charge on any atom is -0.339 e. The second-order valence-electron chi connectivity index (χ2n) is 6.14. The van der Waals surface area contributed by atoms with Crippen molar-refractivity contribution < 1.29 is 4.79 Å². The van der Waals surface area contributed by atoms with Crippen LogP contribution in [0.3, 0.4) is 0 Å². The molecule has 3 aliphatic rings. The van der Waals surface area contributed by atoms with E-state index < -0.39 is 0 Å². The molecule has 1 aliphatic carbocycles. The standard InChI is InChI=1S/C16H21N3O/c20-16(15-9-12-3-1-2-4-14(12)15)19-10-13(11-19)18-7-5-17-6-8-18/h1-4,13,15,17H,5-11H2. The van der Waals surface area contributed by atoms with Crippen molar-refractivity contribution in [3.8, 4) is 0 Å². The van der Waals surface area contributed by atoms with E-state index in [2.05, 4.69) is 28.4 Å². The molecule has 0 aromatic heterocycles. The normalized spacial score (nSPS) is 26.6. The summed E-state index contributed by atoms with van der Waals surface area (Å²) < 4.78 is 0. The highest BCUT2D eigenvalue weighted by Gasteiger charge is 2.41. The molecule has 2 heterocycles. The average Bonchev–Trinajstić information content (AvgIpc) is 2.40. The van der Waals surface area contributed by atoms with E-state index in [4.69, 9.17) is 0 Å². The Labute approximate surface area is 119 Å². The molecule has 4 heteroatoms.